The molecule has 2 N–H and O–H groups in total. The smallest absolute Gasteiger partial charge is 0.295 e. The summed E-state index contributed by atoms with van der Waals surface area (Å²) >= 11 is 0. The molecule has 3 aromatic rings. The molecule has 0 fully saturated rings. The van der Waals surface area contributed by atoms with E-state index in [9.17, 15) is 9.18 Å². The zero-order valence-electron chi connectivity index (χ0n) is 16.6. The van der Waals surface area contributed by atoms with Crippen LogP contribution >= 0.6 is 12.4 Å². The van der Waals surface area contributed by atoms with Crippen LogP contribution in [0.25, 0.3) is 5.69 Å². The Morgan fingerprint density at radius 2 is 1.83 bits per heavy atom. The Labute approximate surface area is 176 Å². The van der Waals surface area contributed by atoms with E-state index in [2.05, 4.69) is 20.7 Å². The molecule has 1 amide bonds. The minimum Gasteiger partial charge on any atom is -0.319 e. The lowest BCUT2D eigenvalue weighted by atomic mass is 10.1. The third-order valence-corrected chi connectivity index (χ3v) is 4.26. The van der Waals surface area contributed by atoms with E-state index < -0.39 is 11.7 Å². The molecule has 3 rings (SSSR count). The number of hydrogen-bond donors (Lipinski definition) is 2. The number of para-hydroxylation sites is 2. The maximum Gasteiger partial charge on any atom is 0.295 e. The summed E-state index contributed by atoms with van der Waals surface area (Å²) in [7, 11) is 0. The van der Waals surface area contributed by atoms with E-state index >= 15 is 0 Å². The standard InChI is InChI=1S/C21H24FN5O.ClH/c1-4-23-13-15-9-5-7-11-17(15)24-21(28)19-25-20(14(2)3)27(26-19)18-12-8-6-10-16(18)22;/h5-12,14,23H,4,13H2,1-3H3,(H,24,28);1H. The summed E-state index contributed by atoms with van der Waals surface area (Å²) in [6, 6.07) is 13.9. The summed E-state index contributed by atoms with van der Waals surface area (Å²) in [6.07, 6.45) is 0. The summed E-state index contributed by atoms with van der Waals surface area (Å²) in [4.78, 5) is 17.2. The predicted molar refractivity (Wildman–Crippen MR) is 114 cm³/mol. The number of benzene rings is 2. The lowest BCUT2D eigenvalue weighted by molar-refractivity contribution is 0.101. The van der Waals surface area contributed by atoms with Crippen molar-refractivity contribution < 1.29 is 9.18 Å². The molecule has 0 aliphatic heterocycles. The molecule has 0 aliphatic carbocycles. The van der Waals surface area contributed by atoms with Gasteiger partial charge in [0.1, 0.15) is 17.3 Å². The van der Waals surface area contributed by atoms with E-state index in [-0.39, 0.29) is 29.8 Å². The predicted octanol–water partition coefficient (Wildman–Crippen LogP) is 4.31. The highest BCUT2D eigenvalue weighted by Crippen LogP contribution is 2.21. The molecule has 29 heavy (non-hydrogen) atoms. The molecule has 6 nitrogen and oxygen atoms in total. The Morgan fingerprint density at radius 3 is 2.52 bits per heavy atom. The molecule has 0 unspecified atom stereocenters. The molecular formula is C21H25ClFN5O. The van der Waals surface area contributed by atoms with Crippen molar-refractivity contribution in [2.24, 2.45) is 0 Å². The molecule has 1 aromatic heterocycles. The van der Waals surface area contributed by atoms with Crippen molar-refractivity contribution in [2.75, 3.05) is 11.9 Å². The van der Waals surface area contributed by atoms with E-state index in [1.165, 1.54) is 10.7 Å². The molecule has 8 heteroatoms. The van der Waals surface area contributed by atoms with Crippen LogP contribution in [-0.2, 0) is 6.54 Å². The SMILES string of the molecule is CCNCc1ccccc1NC(=O)c1nc(C(C)C)n(-c2ccccc2F)n1.Cl. The molecule has 0 bridgehead atoms. The van der Waals surface area contributed by atoms with E-state index in [4.69, 9.17) is 0 Å². The minimum absolute atomic E-state index is 0. The fourth-order valence-electron chi connectivity index (χ4n) is 2.83. The molecule has 0 spiro atoms. The number of hydrogen-bond acceptors (Lipinski definition) is 4. The summed E-state index contributed by atoms with van der Waals surface area (Å²) in [5.74, 6) is -0.353. The second-order valence-electron chi connectivity index (χ2n) is 6.70. The van der Waals surface area contributed by atoms with Crippen molar-refractivity contribution >= 4 is 24.0 Å². The molecule has 0 saturated carbocycles. The first-order valence-electron chi connectivity index (χ1n) is 9.33. The van der Waals surface area contributed by atoms with Crippen LogP contribution in [0, 0.1) is 5.82 Å². The normalized spacial score (nSPS) is 10.7. The van der Waals surface area contributed by atoms with Gasteiger partial charge in [-0.2, -0.15) is 0 Å². The first kappa shape index (κ1) is 22.5. The average molecular weight is 418 g/mol. The quantitative estimate of drug-likeness (QED) is 0.600. The third kappa shape index (κ3) is 5.19. The molecule has 0 radical (unpaired) electrons. The number of amides is 1. The van der Waals surface area contributed by atoms with Gasteiger partial charge in [0.2, 0.25) is 5.82 Å². The van der Waals surface area contributed by atoms with Gasteiger partial charge in [0.25, 0.3) is 5.91 Å². The lowest BCUT2D eigenvalue weighted by Gasteiger charge is -2.10. The first-order valence-corrected chi connectivity index (χ1v) is 9.33. The van der Waals surface area contributed by atoms with Gasteiger partial charge >= 0.3 is 0 Å². The zero-order valence-corrected chi connectivity index (χ0v) is 17.5. The number of halogens is 2. The van der Waals surface area contributed by atoms with Crippen molar-refractivity contribution in [2.45, 2.75) is 33.2 Å². The summed E-state index contributed by atoms with van der Waals surface area (Å²) < 4.78 is 15.7. The molecule has 0 saturated heterocycles. The number of carbonyl (C=O) groups is 1. The Balaban J connectivity index is 0.00000300. The van der Waals surface area contributed by atoms with E-state index in [0.29, 0.717) is 18.1 Å². The van der Waals surface area contributed by atoms with Gasteiger partial charge in [-0.15, -0.1) is 17.5 Å². The van der Waals surface area contributed by atoms with Crippen LogP contribution < -0.4 is 10.6 Å². The highest BCUT2D eigenvalue weighted by atomic mass is 35.5. The lowest BCUT2D eigenvalue weighted by Crippen LogP contribution is -2.18. The maximum absolute atomic E-state index is 14.3. The topological polar surface area (TPSA) is 71.8 Å². The summed E-state index contributed by atoms with van der Waals surface area (Å²) in [5.41, 5.74) is 1.93. The van der Waals surface area contributed by atoms with Gasteiger partial charge in [0.15, 0.2) is 0 Å². The largest absolute Gasteiger partial charge is 0.319 e. The fraction of sp³-hybridized carbons (Fsp3) is 0.286. The summed E-state index contributed by atoms with van der Waals surface area (Å²) in [6.45, 7) is 7.34. The zero-order chi connectivity index (χ0) is 20.1. The van der Waals surface area contributed by atoms with Gasteiger partial charge < -0.3 is 10.6 Å². The van der Waals surface area contributed by atoms with Gasteiger partial charge in [-0.05, 0) is 30.3 Å². The fourth-order valence-corrected chi connectivity index (χ4v) is 2.83. The molecule has 154 valence electrons. The Kier molecular flexibility index (Phi) is 7.87. The molecular weight excluding hydrogens is 393 g/mol. The molecule has 2 aromatic carbocycles. The van der Waals surface area contributed by atoms with Crippen LogP contribution in [0.4, 0.5) is 10.1 Å². The Hall–Kier alpha value is -2.77. The number of rotatable bonds is 7. The molecule has 1 heterocycles. The van der Waals surface area contributed by atoms with Crippen LogP contribution in [0.5, 0.6) is 0 Å². The van der Waals surface area contributed by atoms with Gasteiger partial charge in [-0.1, -0.05) is 51.1 Å². The minimum atomic E-state index is -0.430. The number of nitrogens with zero attached hydrogens (tertiary/aromatic N) is 3. The molecule has 0 atom stereocenters. The molecule has 0 aliphatic rings. The van der Waals surface area contributed by atoms with Crippen LogP contribution in [0.1, 0.15) is 48.7 Å². The van der Waals surface area contributed by atoms with Crippen molar-refractivity contribution in [1.82, 2.24) is 20.1 Å². The van der Waals surface area contributed by atoms with Crippen molar-refractivity contribution in [3.8, 4) is 5.69 Å². The number of aromatic nitrogens is 3. The van der Waals surface area contributed by atoms with Gasteiger partial charge in [0.05, 0.1) is 0 Å². The number of carbonyl (C=O) groups excluding carboxylic acids is 1. The van der Waals surface area contributed by atoms with E-state index in [0.717, 1.165) is 12.1 Å². The highest BCUT2D eigenvalue weighted by molar-refractivity contribution is 6.02. The Bertz CT molecular complexity index is 973. The van der Waals surface area contributed by atoms with Crippen LogP contribution in [0.15, 0.2) is 48.5 Å². The van der Waals surface area contributed by atoms with Gasteiger partial charge in [0, 0.05) is 18.2 Å². The Morgan fingerprint density at radius 1 is 1.14 bits per heavy atom. The van der Waals surface area contributed by atoms with Crippen molar-refractivity contribution in [3.63, 3.8) is 0 Å². The summed E-state index contributed by atoms with van der Waals surface area (Å²) in [5, 5.41) is 10.4. The second kappa shape index (κ2) is 10.1. The van der Waals surface area contributed by atoms with Gasteiger partial charge in [-0.25, -0.2) is 14.1 Å². The van der Waals surface area contributed by atoms with Crippen LogP contribution in [-0.4, -0.2) is 27.2 Å². The monoisotopic (exact) mass is 417 g/mol. The second-order valence-corrected chi connectivity index (χ2v) is 6.70. The van der Waals surface area contributed by atoms with E-state index in [1.54, 1.807) is 18.2 Å². The van der Waals surface area contributed by atoms with Crippen LogP contribution in [0.2, 0.25) is 0 Å². The van der Waals surface area contributed by atoms with Crippen LogP contribution in [0.3, 0.4) is 0 Å². The number of anilines is 1. The van der Waals surface area contributed by atoms with Crippen molar-refractivity contribution in [1.29, 1.82) is 0 Å². The first-order chi connectivity index (χ1) is 13.5. The maximum atomic E-state index is 14.3. The number of nitrogens with one attached hydrogen (secondary N) is 2. The van der Waals surface area contributed by atoms with E-state index in [1.807, 2.05) is 45.0 Å². The average Bonchev–Trinajstić information content (AvgIpc) is 3.13. The highest BCUT2D eigenvalue weighted by Gasteiger charge is 2.21. The van der Waals surface area contributed by atoms with Gasteiger partial charge in [-0.3, -0.25) is 4.79 Å². The van der Waals surface area contributed by atoms with Crippen molar-refractivity contribution in [3.05, 3.63) is 71.6 Å². The third-order valence-electron chi connectivity index (χ3n) is 4.26.